The number of hydrazine groups is 1. The van der Waals surface area contributed by atoms with E-state index >= 15 is 0 Å². The lowest BCUT2D eigenvalue weighted by Crippen LogP contribution is -2.36. The maximum Gasteiger partial charge on any atom is 0.355 e. The number of hydrogen-bond donors (Lipinski definition) is 2. The standard InChI is InChI=1S/C29H27F2N5O4S2/c1-2-3-4-5-6-20-15-21(10-11-22(20)30)27-25(14-19-9-12-26(23(31)13-19)42(32,39)40)35(16-18-7-8-18)36(34-27)29-33-24(17-41-29)28(37)38/h9-15,17-18H,2-4,7-8,16H2,1H3,(H,37,38)(H2,32,39,40)/b25-14-. The first-order valence-electron chi connectivity index (χ1n) is 13.2. The summed E-state index contributed by atoms with van der Waals surface area (Å²) in [4.78, 5) is 15.1. The second-order valence-corrected chi connectivity index (χ2v) is 12.3. The van der Waals surface area contributed by atoms with E-state index in [-0.39, 0.29) is 11.3 Å². The fourth-order valence-corrected chi connectivity index (χ4v) is 5.62. The van der Waals surface area contributed by atoms with Gasteiger partial charge in [-0.2, -0.15) is 0 Å². The van der Waals surface area contributed by atoms with E-state index in [1.807, 2.05) is 11.9 Å². The molecular formula is C29H27F2N5O4S2. The molecule has 42 heavy (non-hydrogen) atoms. The van der Waals surface area contributed by atoms with E-state index in [2.05, 4.69) is 16.8 Å². The number of hydrogen-bond acceptors (Lipinski definition) is 8. The number of unbranched alkanes of at least 4 members (excludes halogenated alkanes) is 2. The van der Waals surface area contributed by atoms with Crippen molar-refractivity contribution in [3.8, 4) is 11.8 Å². The number of anilines is 1. The molecule has 0 atom stereocenters. The molecule has 218 valence electrons. The number of allylic oxidation sites excluding steroid dienone is 1. The minimum atomic E-state index is -4.26. The SMILES string of the molecule is CCCCC#Cc1cc(C2=NN(c3nc(C(=O)O)cs3)N(CC3CC3)/C2=C\c2ccc(S(N)(=O)=O)c(F)c2)ccc1F. The minimum Gasteiger partial charge on any atom is -0.476 e. The van der Waals surface area contributed by atoms with Crippen LogP contribution in [0.4, 0.5) is 13.9 Å². The second-order valence-electron chi connectivity index (χ2n) is 9.95. The Hall–Kier alpha value is -4.12. The number of primary sulfonamides is 1. The fourth-order valence-electron chi connectivity index (χ4n) is 4.28. The number of hydrazone groups is 1. The highest BCUT2D eigenvalue weighted by atomic mass is 32.2. The number of nitrogens with zero attached hydrogens (tertiary/aromatic N) is 4. The van der Waals surface area contributed by atoms with E-state index in [1.165, 1.54) is 22.6 Å². The lowest BCUT2D eigenvalue weighted by molar-refractivity contribution is 0.0691. The molecule has 0 unspecified atom stereocenters. The van der Waals surface area contributed by atoms with Crippen LogP contribution in [0.2, 0.25) is 0 Å². The number of aromatic carboxylic acids is 1. The Kier molecular flexibility index (Phi) is 8.40. The average Bonchev–Trinajstić information content (AvgIpc) is 3.49. The third-order valence-corrected chi connectivity index (χ3v) is 8.39. The van der Waals surface area contributed by atoms with Gasteiger partial charge in [0, 0.05) is 23.9 Å². The normalized spacial score (nSPS) is 16.0. The van der Waals surface area contributed by atoms with E-state index in [1.54, 1.807) is 18.2 Å². The van der Waals surface area contributed by atoms with Gasteiger partial charge in [-0.3, -0.25) is 5.01 Å². The third-order valence-electron chi connectivity index (χ3n) is 6.64. The number of rotatable bonds is 9. The molecule has 2 aliphatic rings. The summed E-state index contributed by atoms with van der Waals surface area (Å²) in [6.45, 7) is 2.55. The first kappa shape index (κ1) is 29.4. The van der Waals surface area contributed by atoms with Crippen molar-refractivity contribution in [2.75, 3.05) is 11.7 Å². The lowest BCUT2D eigenvalue weighted by Gasteiger charge is -2.27. The quantitative estimate of drug-likeness (QED) is 0.251. The molecule has 1 aliphatic heterocycles. The van der Waals surface area contributed by atoms with Gasteiger partial charge >= 0.3 is 5.97 Å². The second kappa shape index (κ2) is 12.0. The smallest absolute Gasteiger partial charge is 0.355 e. The summed E-state index contributed by atoms with van der Waals surface area (Å²) in [5.41, 5.74) is 1.83. The monoisotopic (exact) mass is 611 g/mol. The highest BCUT2D eigenvalue weighted by Crippen LogP contribution is 2.38. The number of carboxylic acids is 1. The van der Waals surface area contributed by atoms with Crippen LogP contribution < -0.4 is 10.3 Å². The lowest BCUT2D eigenvalue weighted by atomic mass is 10.0. The van der Waals surface area contributed by atoms with Crippen molar-refractivity contribution in [2.24, 2.45) is 16.2 Å². The van der Waals surface area contributed by atoms with Crippen molar-refractivity contribution >= 4 is 44.2 Å². The van der Waals surface area contributed by atoms with Crippen LogP contribution in [0, 0.1) is 29.4 Å². The average molecular weight is 612 g/mol. The molecule has 0 amide bonds. The maximum atomic E-state index is 14.8. The van der Waals surface area contributed by atoms with Crippen LogP contribution in [0.25, 0.3) is 6.08 Å². The molecule has 0 bridgehead atoms. The molecule has 2 aromatic carbocycles. The molecule has 1 aliphatic carbocycles. The summed E-state index contributed by atoms with van der Waals surface area (Å²) >= 11 is 1.10. The van der Waals surface area contributed by atoms with Crippen LogP contribution in [0.3, 0.4) is 0 Å². The molecule has 5 rings (SSSR count). The zero-order valence-electron chi connectivity index (χ0n) is 22.5. The molecule has 9 nitrogen and oxygen atoms in total. The first-order chi connectivity index (χ1) is 20.0. The summed E-state index contributed by atoms with van der Waals surface area (Å²) in [6, 6.07) is 8.03. The summed E-state index contributed by atoms with van der Waals surface area (Å²) in [5.74, 6) is 3.56. The summed E-state index contributed by atoms with van der Waals surface area (Å²) in [6.07, 6.45) is 6.10. The van der Waals surface area contributed by atoms with Crippen molar-refractivity contribution in [2.45, 2.75) is 43.9 Å². The zero-order chi connectivity index (χ0) is 30.0. The molecule has 2 heterocycles. The third kappa shape index (κ3) is 6.51. The molecule has 1 aromatic heterocycles. The first-order valence-corrected chi connectivity index (χ1v) is 15.7. The van der Waals surface area contributed by atoms with Crippen molar-refractivity contribution in [1.82, 2.24) is 9.99 Å². The van der Waals surface area contributed by atoms with E-state index in [4.69, 9.17) is 10.2 Å². The molecular weight excluding hydrogens is 584 g/mol. The summed E-state index contributed by atoms with van der Waals surface area (Å²) in [7, 11) is -4.26. The van der Waals surface area contributed by atoms with E-state index < -0.39 is 32.5 Å². The van der Waals surface area contributed by atoms with Gasteiger partial charge in [0.1, 0.15) is 22.2 Å². The molecule has 1 saturated carbocycles. The van der Waals surface area contributed by atoms with Crippen molar-refractivity contribution in [3.05, 3.63) is 81.5 Å². The molecule has 3 N–H and O–H groups in total. The Morgan fingerprint density at radius 3 is 2.64 bits per heavy atom. The largest absolute Gasteiger partial charge is 0.476 e. The molecule has 0 spiro atoms. The van der Waals surface area contributed by atoms with Gasteiger partial charge in [-0.1, -0.05) is 31.3 Å². The molecule has 0 saturated heterocycles. The van der Waals surface area contributed by atoms with Crippen LogP contribution in [0.5, 0.6) is 0 Å². The highest BCUT2D eigenvalue weighted by Gasteiger charge is 2.37. The molecule has 3 aromatic rings. The number of aromatic nitrogens is 1. The Morgan fingerprint density at radius 2 is 2.00 bits per heavy atom. The van der Waals surface area contributed by atoms with Gasteiger partial charge in [0.15, 0.2) is 5.69 Å². The Labute approximate surface area is 246 Å². The predicted molar refractivity (Wildman–Crippen MR) is 156 cm³/mol. The van der Waals surface area contributed by atoms with Gasteiger partial charge in [0.05, 0.1) is 11.3 Å². The number of carboxylic acid groups (broad SMARTS) is 1. The van der Waals surface area contributed by atoms with Crippen molar-refractivity contribution in [1.29, 1.82) is 0 Å². The van der Waals surface area contributed by atoms with Crippen LogP contribution >= 0.6 is 11.3 Å². The highest BCUT2D eigenvalue weighted by molar-refractivity contribution is 7.89. The molecule has 13 heteroatoms. The van der Waals surface area contributed by atoms with Gasteiger partial charge in [-0.05, 0) is 67.2 Å². The van der Waals surface area contributed by atoms with Gasteiger partial charge in [-0.15, -0.1) is 21.6 Å². The molecule has 0 radical (unpaired) electrons. The van der Waals surface area contributed by atoms with Crippen LogP contribution in [-0.4, -0.2) is 41.7 Å². The number of sulfonamides is 1. The summed E-state index contributed by atoms with van der Waals surface area (Å²) in [5, 5.41) is 24.4. The topological polar surface area (TPSA) is 129 Å². The van der Waals surface area contributed by atoms with Crippen molar-refractivity contribution in [3.63, 3.8) is 0 Å². The number of benzene rings is 2. The van der Waals surface area contributed by atoms with E-state index in [0.717, 1.165) is 49.2 Å². The Morgan fingerprint density at radius 1 is 1.21 bits per heavy atom. The zero-order valence-corrected chi connectivity index (χ0v) is 24.2. The van der Waals surface area contributed by atoms with Gasteiger partial charge in [-0.25, -0.2) is 32.1 Å². The van der Waals surface area contributed by atoms with Crippen LogP contribution in [-0.2, 0) is 10.0 Å². The minimum absolute atomic E-state index is 0.136. The van der Waals surface area contributed by atoms with Crippen LogP contribution in [0.15, 0.2) is 57.5 Å². The van der Waals surface area contributed by atoms with Gasteiger partial charge in [0.2, 0.25) is 15.2 Å². The molecule has 1 fully saturated rings. The Bertz CT molecular complexity index is 1770. The van der Waals surface area contributed by atoms with Gasteiger partial charge < -0.3 is 5.11 Å². The van der Waals surface area contributed by atoms with Gasteiger partial charge in [0.25, 0.3) is 0 Å². The number of carbonyl (C=O) groups is 1. The number of thiazole rings is 1. The fraction of sp³-hybridized carbons (Fsp3) is 0.276. The van der Waals surface area contributed by atoms with Crippen LogP contribution in [0.1, 0.15) is 66.2 Å². The van der Waals surface area contributed by atoms with E-state index in [9.17, 15) is 27.1 Å². The predicted octanol–water partition coefficient (Wildman–Crippen LogP) is 5.20. The Balaban J connectivity index is 1.64. The number of halogens is 2. The summed E-state index contributed by atoms with van der Waals surface area (Å²) < 4.78 is 53.0. The number of nitrogens with two attached hydrogens (primary N) is 1. The van der Waals surface area contributed by atoms with Crippen molar-refractivity contribution < 1.29 is 27.1 Å². The van der Waals surface area contributed by atoms with E-state index in [0.29, 0.717) is 46.6 Å². The maximum absolute atomic E-state index is 14.8.